The summed E-state index contributed by atoms with van der Waals surface area (Å²) >= 11 is 0. The molecule has 0 saturated carbocycles. The van der Waals surface area contributed by atoms with Gasteiger partial charge < -0.3 is 24.3 Å². The molecule has 8 nitrogen and oxygen atoms in total. The minimum atomic E-state index is -3.05. The van der Waals surface area contributed by atoms with Gasteiger partial charge in [0.05, 0.1) is 11.5 Å². The molecular weight excluding hydrogens is 698 g/mol. The summed E-state index contributed by atoms with van der Waals surface area (Å²) in [6, 6.07) is 27.4. The van der Waals surface area contributed by atoms with Crippen molar-refractivity contribution in [1.29, 1.82) is 10.5 Å². The number of allylic oxidation sites excluding steroid dienone is 5. The smallest absolute Gasteiger partial charge is 0.275 e. The van der Waals surface area contributed by atoms with Crippen LogP contribution < -0.4 is 15.2 Å². The highest BCUT2D eigenvalue weighted by Gasteiger charge is 2.47. The van der Waals surface area contributed by atoms with E-state index in [4.69, 9.17) is 9.47 Å². The van der Waals surface area contributed by atoms with Crippen molar-refractivity contribution in [3.8, 4) is 12.1 Å². The van der Waals surface area contributed by atoms with Crippen LogP contribution >= 0.6 is 0 Å². The van der Waals surface area contributed by atoms with Gasteiger partial charge in [-0.2, -0.15) is 15.1 Å². The number of halogens is 3. The second-order valence-electron chi connectivity index (χ2n) is 13.1. The number of para-hydroxylation sites is 2. The summed E-state index contributed by atoms with van der Waals surface area (Å²) in [5, 5.41) is 34.4. The molecule has 1 aliphatic carbocycles. The van der Waals surface area contributed by atoms with Gasteiger partial charge in [0.15, 0.2) is 11.6 Å². The molecule has 266 valence electrons. The lowest BCUT2D eigenvalue weighted by molar-refractivity contribution is -0.403. The van der Waals surface area contributed by atoms with Gasteiger partial charge in [-0.05, 0) is 57.4 Å². The molecule has 0 unspecified atom stereocenters. The molecule has 2 aliphatic rings. The fourth-order valence-electron chi connectivity index (χ4n) is 6.93. The van der Waals surface area contributed by atoms with Crippen LogP contribution in [0.1, 0.15) is 27.0 Å². The Morgan fingerprint density at radius 3 is 2.17 bits per heavy atom. The maximum atomic E-state index is 17.3. The van der Waals surface area contributed by atoms with Gasteiger partial charge in [0.1, 0.15) is 39.9 Å². The number of carbonyl (C=O) groups is 1. The first-order valence-electron chi connectivity index (χ1n) is 16.4. The van der Waals surface area contributed by atoms with E-state index in [9.17, 15) is 20.4 Å². The van der Waals surface area contributed by atoms with E-state index in [1.165, 1.54) is 12.1 Å². The molecule has 53 heavy (non-hydrogen) atoms. The lowest BCUT2D eigenvalue weighted by Gasteiger charge is -2.39. The number of benzene rings is 4. The Bertz CT molecular complexity index is 2360. The van der Waals surface area contributed by atoms with Gasteiger partial charge in [-0.1, -0.05) is 55.6 Å². The summed E-state index contributed by atoms with van der Waals surface area (Å²) < 4.78 is 61.3. The number of nitrogens with zero attached hydrogens (tertiary/aromatic N) is 4. The topological polar surface area (TPSA) is 112 Å². The lowest BCUT2D eigenvalue weighted by atomic mass is 9.83. The van der Waals surface area contributed by atoms with E-state index < -0.39 is 60.6 Å². The number of anilines is 2. The fraction of sp³-hybridized carbons (Fsp3) is 0.171. The van der Waals surface area contributed by atoms with Gasteiger partial charge in [0, 0.05) is 60.9 Å². The molecule has 0 aromatic heterocycles. The van der Waals surface area contributed by atoms with Gasteiger partial charge in [0.2, 0.25) is 11.4 Å². The van der Waals surface area contributed by atoms with E-state index >= 15 is 13.2 Å². The number of aromatic carboxylic acids is 1. The maximum absolute atomic E-state index is 17.3. The largest absolute Gasteiger partial charge is 0.545 e. The van der Waals surface area contributed by atoms with Crippen LogP contribution in [0.25, 0.3) is 5.57 Å². The minimum Gasteiger partial charge on any atom is -0.545 e. The third-order valence-electron chi connectivity index (χ3n) is 9.79. The molecule has 0 spiro atoms. The highest BCUT2D eigenvalue weighted by Crippen LogP contribution is 2.46. The number of ether oxygens (including phenoxy) is 2. The standard InChI is InChI=1S/C41H33F3N4O4Si/c1-47(25-12-8-6-9-13-25)27-16-18-29-31(20-27)53(4,5)32-21-28(48(2)26-14-10-7-11-15-26)17-19-30(32)33(29)34-35(40(49)50)38(43)39(44)36(37(34)42)41(22-45,23-46)52-24-51-3/h6-21H,24H2,1-5H3. The maximum Gasteiger partial charge on any atom is 0.275 e. The number of carboxylic acid groups (broad SMARTS) is 1. The zero-order chi connectivity index (χ0) is 38.2. The van der Waals surface area contributed by atoms with Crippen LogP contribution in [0.15, 0.2) is 108 Å². The second-order valence-corrected chi connectivity index (χ2v) is 17.4. The number of carbonyl (C=O) groups excluding carboxylic acids is 1. The Morgan fingerprint density at radius 2 is 1.57 bits per heavy atom. The molecule has 0 saturated heterocycles. The molecule has 0 fully saturated rings. The Morgan fingerprint density at radius 1 is 0.925 bits per heavy atom. The van der Waals surface area contributed by atoms with Gasteiger partial charge >= 0.3 is 0 Å². The van der Waals surface area contributed by atoms with Crippen molar-refractivity contribution >= 4 is 47.6 Å². The van der Waals surface area contributed by atoms with Crippen molar-refractivity contribution in [2.45, 2.75) is 18.7 Å². The molecule has 0 N–H and O–H groups in total. The number of rotatable bonds is 9. The second kappa shape index (κ2) is 14.2. The van der Waals surface area contributed by atoms with Crippen molar-refractivity contribution in [1.82, 2.24) is 0 Å². The number of carboxylic acids is 1. The first-order valence-corrected chi connectivity index (χ1v) is 19.4. The third-order valence-corrected chi connectivity index (χ3v) is 13.3. The Labute approximate surface area is 305 Å². The zero-order valence-corrected chi connectivity index (χ0v) is 30.5. The average Bonchev–Trinajstić information content (AvgIpc) is 3.18. The Hall–Kier alpha value is -6.05. The summed E-state index contributed by atoms with van der Waals surface area (Å²) in [7, 11) is 2.13. The van der Waals surface area contributed by atoms with E-state index in [-0.39, 0.29) is 5.57 Å². The minimum absolute atomic E-state index is 0.0713. The van der Waals surface area contributed by atoms with Crippen LogP contribution in [-0.2, 0) is 15.1 Å². The highest BCUT2D eigenvalue weighted by molar-refractivity contribution is 6.98. The SMILES string of the molecule is COCOC(C#N)(C#N)c1c(F)c(F)c(C(=O)[O-])c(C2=C3C=CC(=[N+](C)c4ccccc4)C=C3[Si](C)(C)c3cc(N(C)c4ccccc4)ccc32)c1F. The van der Waals surface area contributed by atoms with Crippen LogP contribution in [-0.4, -0.2) is 52.3 Å². The molecule has 0 bridgehead atoms. The zero-order valence-electron chi connectivity index (χ0n) is 29.5. The molecule has 1 heterocycles. The molecule has 6 rings (SSSR count). The lowest BCUT2D eigenvalue weighted by Crippen LogP contribution is -2.50. The van der Waals surface area contributed by atoms with Crippen LogP contribution in [0.2, 0.25) is 13.1 Å². The normalized spacial score (nSPS) is 15.5. The van der Waals surface area contributed by atoms with E-state index in [0.717, 1.165) is 40.3 Å². The van der Waals surface area contributed by atoms with Crippen LogP contribution in [0.3, 0.4) is 0 Å². The van der Waals surface area contributed by atoms with E-state index in [1.54, 1.807) is 24.3 Å². The number of fused-ring (bicyclic) bond motifs is 2. The molecule has 0 radical (unpaired) electrons. The Kier molecular flexibility index (Phi) is 9.82. The number of methoxy groups -OCH3 is 1. The van der Waals surface area contributed by atoms with Gasteiger partial charge in [-0.3, -0.25) is 0 Å². The van der Waals surface area contributed by atoms with Crippen LogP contribution in [0.4, 0.5) is 30.2 Å². The molecule has 1 aliphatic heterocycles. The van der Waals surface area contributed by atoms with E-state index in [1.807, 2.05) is 96.4 Å². The summed E-state index contributed by atoms with van der Waals surface area (Å²) in [5.74, 6) is -7.94. The highest BCUT2D eigenvalue weighted by atomic mass is 28.3. The summed E-state index contributed by atoms with van der Waals surface area (Å²) in [5.41, 5.74) is -2.76. The number of hydrogen-bond donors (Lipinski definition) is 0. The number of nitriles is 2. The van der Waals surface area contributed by atoms with E-state index in [0.29, 0.717) is 11.1 Å². The summed E-state index contributed by atoms with van der Waals surface area (Å²) in [6.07, 6.45) is 5.41. The predicted octanol–water partition coefficient (Wildman–Crippen LogP) is 6.28. The van der Waals surface area contributed by atoms with E-state index in [2.05, 4.69) is 13.1 Å². The average molecular weight is 731 g/mol. The quantitative estimate of drug-likeness (QED) is 0.0863. The van der Waals surface area contributed by atoms with Gasteiger partial charge in [0.25, 0.3) is 5.60 Å². The molecule has 4 aromatic carbocycles. The third kappa shape index (κ3) is 6.07. The van der Waals surface area contributed by atoms with Gasteiger partial charge in [-0.15, -0.1) is 0 Å². The number of hydrogen-bond acceptors (Lipinski definition) is 7. The monoisotopic (exact) mass is 730 g/mol. The molecule has 0 amide bonds. The summed E-state index contributed by atoms with van der Waals surface area (Å²) in [6.45, 7) is 3.43. The van der Waals surface area contributed by atoms with Gasteiger partial charge in [-0.25, -0.2) is 13.2 Å². The predicted molar refractivity (Wildman–Crippen MR) is 195 cm³/mol. The first-order chi connectivity index (χ1) is 25.3. The summed E-state index contributed by atoms with van der Waals surface area (Å²) in [4.78, 5) is 14.7. The first kappa shape index (κ1) is 36.7. The van der Waals surface area contributed by atoms with Crippen molar-refractivity contribution < 1.29 is 37.1 Å². The van der Waals surface area contributed by atoms with Crippen molar-refractivity contribution in [2.24, 2.45) is 0 Å². The van der Waals surface area contributed by atoms with Crippen LogP contribution in [0, 0.1) is 40.1 Å². The fourth-order valence-corrected chi connectivity index (χ4v) is 10.0. The molecular formula is C41H33F3N4O4Si. The van der Waals surface area contributed by atoms with Crippen molar-refractivity contribution in [2.75, 3.05) is 32.9 Å². The van der Waals surface area contributed by atoms with Crippen molar-refractivity contribution in [3.63, 3.8) is 0 Å². The molecule has 12 heteroatoms. The van der Waals surface area contributed by atoms with Crippen molar-refractivity contribution in [3.05, 3.63) is 148 Å². The molecule has 0 atom stereocenters. The molecule has 4 aromatic rings. The Balaban J connectivity index is 1.75. The van der Waals surface area contributed by atoms with Crippen LogP contribution in [0.5, 0.6) is 0 Å².